The Hall–Kier alpha value is -0.350. The molecule has 0 aliphatic rings. The van der Waals surface area contributed by atoms with Crippen molar-refractivity contribution in [1.29, 1.82) is 0 Å². The molecule has 0 aliphatic heterocycles. The number of hydrogen-bond donors (Lipinski definition) is 1. The molecule has 0 unspecified atom stereocenters. The van der Waals surface area contributed by atoms with Gasteiger partial charge in [0.15, 0.2) is 0 Å². The third-order valence-corrected chi connectivity index (χ3v) is 4.71. The van der Waals surface area contributed by atoms with Crippen LogP contribution in [0.15, 0.2) is 9.85 Å². The van der Waals surface area contributed by atoms with E-state index in [1.165, 1.54) is 24.2 Å². The second kappa shape index (κ2) is 7.17. The Morgan fingerprint density at radius 2 is 2.18 bits per heavy atom. The first-order chi connectivity index (χ1) is 8.00. The molecule has 1 amide bonds. The standard InChI is InChI=1S/C13H20BrNOS/c1-9(2)6-4-5-7-15-13(16)11-8-10(3)12(14)17-11/h8-9H,4-7H2,1-3H3,(H,15,16). The molecule has 17 heavy (non-hydrogen) atoms. The van der Waals surface area contributed by atoms with Crippen LogP contribution >= 0.6 is 27.3 Å². The maximum atomic E-state index is 11.8. The molecule has 1 heterocycles. The first-order valence-electron chi connectivity index (χ1n) is 6.05. The van der Waals surface area contributed by atoms with Crippen LogP contribution in [0.1, 0.15) is 48.3 Å². The largest absolute Gasteiger partial charge is 0.351 e. The van der Waals surface area contributed by atoms with Crippen LogP contribution in [0.25, 0.3) is 0 Å². The lowest BCUT2D eigenvalue weighted by atomic mass is 10.1. The van der Waals surface area contributed by atoms with Crippen LogP contribution in [-0.2, 0) is 0 Å². The molecule has 0 aromatic carbocycles. The summed E-state index contributed by atoms with van der Waals surface area (Å²) >= 11 is 4.93. The van der Waals surface area contributed by atoms with E-state index in [0.717, 1.165) is 33.1 Å². The molecule has 1 aromatic rings. The molecule has 0 saturated heterocycles. The van der Waals surface area contributed by atoms with Gasteiger partial charge in [0.25, 0.3) is 5.91 Å². The lowest BCUT2D eigenvalue weighted by Gasteiger charge is -2.05. The predicted octanol–water partition coefficient (Wildman–Crippen LogP) is 4.38. The minimum Gasteiger partial charge on any atom is -0.351 e. The Balaban J connectivity index is 2.26. The van der Waals surface area contributed by atoms with Crippen molar-refractivity contribution < 1.29 is 4.79 Å². The number of rotatable bonds is 6. The van der Waals surface area contributed by atoms with Crippen LogP contribution in [-0.4, -0.2) is 12.5 Å². The Kier molecular flexibility index (Phi) is 6.20. The molecule has 0 spiro atoms. The predicted molar refractivity (Wildman–Crippen MR) is 77.8 cm³/mol. The highest BCUT2D eigenvalue weighted by molar-refractivity contribution is 9.11. The van der Waals surface area contributed by atoms with Gasteiger partial charge in [-0.05, 0) is 46.8 Å². The Morgan fingerprint density at radius 3 is 2.71 bits per heavy atom. The highest BCUT2D eigenvalue weighted by Crippen LogP contribution is 2.27. The van der Waals surface area contributed by atoms with Gasteiger partial charge in [-0.3, -0.25) is 4.79 Å². The van der Waals surface area contributed by atoms with E-state index in [1.54, 1.807) is 0 Å². The molecule has 1 aromatic heterocycles. The van der Waals surface area contributed by atoms with Gasteiger partial charge in [0.2, 0.25) is 0 Å². The number of halogens is 1. The van der Waals surface area contributed by atoms with Crippen molar-refractivity contribution >= 4 is 33.2 Å². The average Bonchev–Trinajstić information content (AvgIpc) is 2.58. The summed E-state index contributed by atoms with van der Waals surface area (Å²) in [6, 6.07) is 1.93. The number of carbonyl (C=O) groups is 1. The summed E-state index contributed by atoms with van der Waals surface area (Å²) in [5.74, 6) is 0.801. The van der Waals surface area contributed by atoms with E-state index < -0.39 is 0 Å². The Morgan fingerprint density at radius 1 is 1.47 bits per heavy atom. The monoisotopic (exact) mass is 317 g/mol. The van der Waals surface area contributed by atoms with Crippen LogP contribution < -0.4 is 5.32 Å². The van der Waals surface area contributed by atoms with Crippen LogP contribution in [0.3, 0.4) is 0 Å². The summed E-state index contributed by atoms with van der Waals surface area (Å²) in [4.78, 5) is 12.6. The molecule has 0 fully saturated rings. The van der Waals surface area contributed by atoms with Crippen molar-refractivity contribution in [2.75, 3.05) is 6.54 Å². The van der Waals surface area contributed by atoms with Gasteiger partial charge >= 0.3 is 0 Å². The number of carbonyl (C=O) groups excluding carboxylic acids is 1. The molecule has 0 atom stereocenters. The van der Waals surface area contributed by atoms with Gasteiger partial charge in [-0.1, -0.05) is 26.7 Å². The third-order valence-electron chi connectivity index (χ3n) is 2.57. The van der Waals surface area contributed by atoms with E-state index in [1.807, 2.05) is 13.0 Å². The number of amides is 1. The van der Waals surface area contributed by atoms with Crippen molar-refractivity contribution in [3.05, 3.63) is 20.3 Å². The summed E-state index contributed by atoms with van der Waals surface area (Å²) in [5.41, 5.74) is 1.12. The molecule has 2 nitrogen and oxygen atoms in total. The molecule has 4 heteroatoms. The normalized spacial score (nSPS) is 10.9. The van der Waals surface area contributed by atoms with E-state index in [4.69, 9.17) is 0 Å². The lowest BCUT2D eigenvalue weighted by Crippen LogP contribution is -2.23. The lowest BCUT2D eigenvalue weighted by molar-refractivity contribution is 0.0957. The van der Waals surface area contributed by atoms with Gasteiger partial charge in [0.1, 0.15) is 0 Å². The topological polar surface area (TPSA) is 29.1 Å². The van der Waals surface area contributed by atoms with E-state index in [9.17, 15) is 4.79 Å². The zero-order chi connectivity index (χ0) is 12.8. The van der Waals surface area contributed by atoms with E-state index in [-0.39, 0.29) is 5.91 Å². The number of hydrogen-bond acceptors (Lipinski definition) is 2. The first-order valence-corrected chi connectivity index (χ1v) is 7.65. The molecule has 0 radical (unpaired) electrons. The van der Waals surface area contributed by atoms with Gasteiger partial charge in [0.05, 0.1) is 8.66 Å². The summed E-state index contributed by atoms with van der Waals surface area (Å²) in [7, 11) is 0. The van der Waals surface area contributed by atoms with Gasteiger partial charge in [-0.15, -0.1) is 11.3 Å². The number of thiophene rings is 1. The fourth-order valence-corrected chi connectivity index (χ4v) is 2.99. The fraction of sp³-hybridized carbons (Fsp3) is 0.615. The van der Waals surface area contributed by atoms with Gasteiger partial charge in [-0.25, -0.2) is 0 Å². The molecule has 96 valence electrons. The maximum absolute atomic E-state index is 11.8. The van der Waals surface area contributed by atoms with Crippen molar-refractivity contribution in [2.45, 2.75) is 40.0 Å². The minimum absolute atomic E-state index is 0.0494. The summed E-state index contributed by atoms with van der Waals surface area (Å²) in [6.45, 7) is 7.23. The van der Waals surface area contributed by atoms with Gasteiger partial charge < -0.3 is 5.32 Å². The second-order valence-corrected chi connectivity index (χ2v) is 7.08. The van der Waals surface area contributed by atoms with Crippen LogP contribution in [0.5, 0.6) is 0 Å². The number of aryl methyl sites for hydroxylation is 1. The first kappa shape index (κ1) is 14.7. The highest BCUT2D eigenvalue weighted by atomic mass is 79.9. The zero-order valence-electron chi connectivity index (χ0n) is 10.7. The summed E-state index contributed by atoms with van der Waals surface area (Å²) in [5, 5.41) is 2.96. The molecule has 0 aliphatic carbocycles. The highest BCUT2D eigenvalue weighted by Gasteiger charge is 2.10. The minimum atomic E-state index is 0.0494. The Bertz CT molecular complexity index is 354. The van der Waals surface area contributed by atoms with Gasteiger partial charge in [0, 0.05) is 6.54 Å². The molecular weight excluding hydrogens is 298 g/mol. The van der Waals surface area contributed by atoms with Crippen molar-refractivity contribution in [3.63, 3.8) is 0 Å². The van der Waals surface area contributed by atoms with Crippen LogP contribution in [0, 0.1) is 12.8 Å². The SMILES string of the molecule is Cc1cc(C(=O)NCCCCC(C)C)sc1Br. The second-order valence-electron chi connectivity index (χ2n) is 4.71. The van der Waals surface area contributed by atoms with Crippen LogP contribution in [0.4, 0.5) is 0 Å². The smallest absolute Gasteiger partial charge is 0.261 e. The van der Waals surface area contributed by atoms with E-state index in [0.29, 0.717) is 0 Å². The number of nitrogens with one attached hydrogen (secondary N) is 1. The number of unbranched alkanes of at least 4 members (excludes halogenated alkanes) is 1. The third kappa shape index (κ3) is 5.21. The molecular formula is C13H20BrNOS. The molecule has 1 N–H and O–H groups in total. The van der Waals surface area contributed by atoms with Crippen molar-refractivity contribution in [3.8, 4) is 0 Å². The fourth-order valence-electron chi connectivity index (χ4n) is 1.54. The zero-order valence-corrected chi connectivity index (χ0v) is 13.1. The van der Waals surface area contributed by atoms with E-state index >= 15 is 0 Å². The quantitative estimate of drug-likeness (QED) is 0.775. The molecule has 0 saturated carbocycles. The van der Waals surface area contributed by atoms with Crippen molar-refractivity contribution in [2.24, 2.45) is 5.92 Å². The van der Waals surface area contributed by atoms with Crippen LogP contribution in [0.2, 0.25) is 0 Å². The molecule has 1 rings (SSSR count). The Labute approximate surface area is 116 Å². The van der Waals surface area contributed by atoms with Crippen molar-refractivity contribution in [1.82, 2.24) is 5.32 Å². The summed E-state index contributed by atoms with van der Waals surface area (Å²) < 4.78 is 1.04. The summed E-state index contributed by atoms with van der Waals surface area (Å²) in [6.07, 6.45) is 3.49. The van der Waals surface area contributed by atoms with Gasteiger partial charge in [-0.2, -0.15) is 0 Å². The maximum Gasteiger partial charge on any atom is 0.261 e. The average molecular weight is 318 g/mol. The molecule has 0 bridgehead atoms. The van der Waals surface area contributed by atoms with E-state index in [2.05, 4.69) is 35.1 Å².